The highest BCUT2D eigenvalue weighted by Gasteiger charge is 2.11. The van der Waals surface area contributed by atoms with Crippen LogP contribution >= 0.6 is 0 Å². The van der Waals surface area contributed by atoms with Crippen molar-refractivity contribution in [1.82, 2.24) is 9.97 Å². The smallest absolute Gasteiger partial charge is 0.316 e. The van der Waals surface area contributed by atoms with Gasteiger partial charge in [-0.25, -0.2) is 9.97 Å². The Labute approximate surface area is 111 Å². The lowest BCUT2D eigenvalue weighted by Crippen LogP contribution is -1.99. The van der Waals surface area contributed by atoms with Crippen molar-refractivity contribution in [3.05, 3.63) is 36.2 Å². The van der Waals surface area contributed by atoms with Crippen LogP contribution in [0.4, 0.5) is 0 Å². The molecule has 2 rings (SSSR count). The van der Waals surface area contributed by atoms with Crippen LogP contribution in [0.5, 0.6) is 11.8 Å². The van der Waals surface area contributed by atoms with E-state index in [4.69, 9.17) is 9.47 Å². The lowest BCUT2D eigenvalue weighted by atomic mass is 10.0. The summed E-state index contributed by atoms with van der Waals surface area (Å²) in [6.07, 6.45) is 4.01. The summed E-state index contributed by atoms with van der Waals surface area (Å²) in [6.45, 7) is 2.38. The summed E-state index contributed by atoms with van der Waals surface area (Å²) in [6, 6.07) is 5.72. The van der Waals surface area contributed by atoms with Gasteiger partial charge in [0.1, 0.15) is 5.75 Å². The molecule has 0 saturated carbocycles. The summed E-state index contributed by atoms with van der Waals surface area (Å²) in [7, 11) is 1.50. The Morgan fingerprint density at radius 2 is 2.00 bits per heavy atom. The molecule has 1 aromatic heterocycles. The van der Waals surface area contributed by atoms with E-state index in [1.807, 2.05) is 19.1 Å². The number of carbonyl (C=O) groups is 1. The Morgan fingerprint density at radius 1 is 1.26 bits per heavy atom. The number of hydrogen-bond donors (Lipinski definition) is 0. The molecule has 5 heteroatoms. The van der Waals surface area contributed by atoms with Crippen LogP contribution in [0.1, 0.15) is 17.3 Å². The van der Waals surface area contributed by atoms with Crippen LogP contribution in [0.3, 0.4) is 0 Å². The largest absolute Gasteiger partial charge is 0.493 e. The molecule has 0 fully saturated rings. The standard InChI is InChI=1S/C14H14N2O3/c1-3-19-13-6-4-5-11(12(13)9-17)10-7-15-14(18-2)16-8-10/h4-9H,3H2,1-2H3. The summed E-state index contributed by atoms with van der Waals surface area (Å²) in [5.74, 6) is 0.561. The van der Waals surface area contributed by atoms with Crippen molar-refractivity contribution >= 4 is 6.29 Å². The van der Waals surface area contributed by atoms with Gasteiger partial charge in [-0.05, 0) is 18.6 Å². The summed E-state index contributed by atoms with van der Waals surface area (Å²) >= 11 is 0. The molecule has 0 aliphatic rings. The molecule has 0 aliphatic heterocycles. The third-order valence-corrected chi connectivity index (χ3v) is 2.61. The number of methoxy groups -OCH3 is 1. The van der Waals surface area contributed by atoms with Gasteiger partial charge in [0.2, 0.25) is 0 Å². The first kappa shape index (κ1) is 13.0. The van der Waals surface area contributed by atoms with Crippen molar-refractivity contribution in [3.63, 3.8) is 0 Å². The lowest BCUT2D eigenvalue weighted by Gasteiger charge is -2.10. The molecule has 0 aliphatic carbocycles. The van der Waals surface area contributed by atoms with Gasteiger partial charge in [0.15, 0.2) is 6.29 Å². The SMILES string of the molecule is CCOc1cccc(-c2cnc(OC)nc2)c1C=O. The highest BCUT2D eigenvalue weighted by atomic mass is 16.5. The molecule has 0 saturated heterocycles. The Bertz CT molecular complexity index is 567. The maximum atomic E-state index is 11.3. The molecular weight excluding hydrogens is 244 g/mol. The van der Waals surface area contributed by atoms with Gasteiger partial charge in [-0.2, -0.15) is 0 Å². The second kappa shape index (κ2) is 5.95. The quantitative estimate of drug-likeness (QED) is 0.770. The van der Waals surface area contributed by atoms with Crippen LogP contribution in [0.2, 0.25) is 0 Å². The average molecular weight is 258 g/mol. The first-order valence-electron chi connectivity index (χ1n) is 5.87. The first-order valence-corrected chi connectivity index (χ1v) is 5.87. The number of hydrogen-bond acceptors (Lipinski definition) is 5. The zero-order valence-electron chi connectivity index (χ0n) is 10.8. The summed E-state index contributed by atoms with van der Waals surface area (Å²) in [5, 5.41) is 0. The molecule has 0 radical (unpaired) electrons. The number of nitrogens with zero attached hydrogens (tertiary/aromatic N) is 2. The Hall–Kier alpha value is -2.43. The van der Waals surface area contributed by atoms with Gasteiger partial charge in [-0.3, -0.25) is 4.79 Å². The average Bonchev–Trinajstić information content (AvgIpc) is 2.47. The summed E-state index contributed by atoms with van der Waals surface area (Å²) in [5.41, 5.74) is 1.98. The minimum absolute atomic E-state index is 0.289. The summed E-state index contributed by atoms with van der Waals surface area (Å²) < 4.78 is 10.3. The van der Waals surface area contributed by atoms with E-state index in [0.29, 0.717) is 17.9 Å². The van der Waals surface area contributed by atoms with Crippen LogP contribution in [-0.2, 0) is 0 Å². The third kappa shape index (κ3) is 2.70. The predicted octanol–water partition coefficient (Wildman–Crippen LogP) is 2.36. The molecule has 0 spiro atoms. The second-order valence-electron chi connectivity index (χ2n) is 3.73. The predicted molar refractivity (Wildman–Crippen MR) is 70.6 cm³/mol. The van der Waals surface area contributed by atoms with E-state index >= 15 is 0 Å². The van der Waals surface area contributed by atoms with Gasteiger partial charge in [0.05, 0.1) is 19.3 Å². The van der Waals surface area contributed by atoms with Crippen molar-refractivity contribution in [3.8, 4) is 22.9 Å². The van der Waals surface area contributed by atoms with E-state index in [0.717, 1.165) is 17.4 Å². The molecule has 1 heterocycles. The molecule has 19 heavy (non-hydrogen) atoms. The fourth-order valence-electron chi connectivity index (χ4n) is 1.76. The highest BCUT2D eigenvalue weighted by molar-refractivity contribution is 5.90. The molecule has 0 atom stereocenters. The van der Waals surface area contributed by atoms with E-state index in [1.165, 1.54) is 7.11 Å². The maximum absolute atomic E-state index is 11.3. The number of benzene rings is 1. The Balaban J connectivity index is 2.48. The maximum Gasteiger partial charge on any atom is 0.316 e. The van der Waals surface area contributed by atoms with Crippen molar-refractivity contribution < 1.29 is 14.3 Å². The van der Waals surface area contributed by atoms with Crippen molar-refractivity contribution in [2.75, 3.05) is 13.7 Å². The third-order valence-electron chi connectivity index (χ3n) is 2.61. The molecule has 2 aromatic rings. The van der Waals surface area contributed by atoms with Gasteiger partial charge in [0, 0.05) is 18.0 Å². The van der Waals surface area contributed by atoms with E-state index in [2.05, 4.69) is 9.97 Å². The normalized spacial score (nSPS) is 10.0. The van der Waals surface area contributed by atoms with Crippen LogP contribution in [0, 0.1) is 0 Å². The molecule has 5 nitrogen and oxygen atoms in total. The van der Waals surface area contributed by atoms with Gasteiger partial charge < -0.3 is 9.47 Å². The van der Waals surface area contributed by atoms with Crippen LogP contribution < -0.4 is 9.47 Å². The number of aldehydes is 1. The van der Waals surface area contributed by atoms with E-state index in [1.54, 1.807) is 18.5 Å². The molecule has 1 aromatic carbocycles. The number of carbonyl (C=O) groups excluding carboxylic acids is 1. The van der Waals surface area contributed by atoms with E-state index < -0.39 is 0 Å². The minimum atomic E-state index is 0.289. The first-order chi connectivity index (χ1) is 9.30. The molecular formula is C14H14N2O3. The lowest BCUT2D eigenvalue weighted by molar-refractivity contribution is 0.112. The molecule has 0 amide bonds. The monoisotopic (exact) mass is 258 g/mol. The number of rotatable bonds is 5. The van der Waals surface area contributed by atoms with Crippen LogP contribution in [0.15, 0.2) is 30.6 Å². The molecule has 0 N–H and O–H groups in total. The zero-order valence-corrected chi connectivity index (χ0v) is 10.8. The highest BCUT2D eigenvalue weighted by Crippen LogP contribution is 2.29. The zero-order chi connectivity index (χ0) is 13.7. The Kier molecular flexibility index (Phi) is 4.07. The van der Waals surface area contributed by atoms with Gasteiger partial charge in [0.25, 0.3) is 0 Å². The van der Waals surface area contributed by atoms with Crippen molar-refractivity contribution in [2.45, 2.75) is 6.92 Å². The van der Waals surface area contributed by atoms with E-state index in [9.17, 15) is 4.79 Å². The number of aromatic nitrogens is 2. The van der Waals surface area contributed by atoms with Gasteiger partial charge in [-0.1, -0.05) is 12.1 Å². The van der Waals surface area contributed by atoms with Crippen LogP contribution in [0.25, 0.3) is 11.1 Å². The Morgan fingerprint density at radius 3 is 2.58 bits per heavy atom. The minimum Gasteiger partial charge on any atom is -0.493 e. The van der Waals surface area contributed by atoms with Gasteiger partial charge in [-0.15, -0.1) is 0 Å². The van der Waals surface area contributed by atoms with Crippen LogP contribution in [-0.4, -0.2) is 30.0 Å². The fourth-order valence-corrected chi connectivity index (χ4v) is 1.76. The van der Waals surface area contributed by atoms with Crippen molar-refractivity contribution in [1.29, 1.82) is 0 Å². The van der Waals surface area contributed by atoms with E-state index in [-0.39, 0.29) is 6.01 Å². The fraction of sp³-hybridized carbons (Fsp3) is 0.214. The summed E-state index contributed by atoms with van der Waals surface area (Å²) in [4.78, 5) is 19.3. The van der Waals surface area contributed by atoms with Crippen molar-refractivity contribution in [2.24, 2.45) is 0 Å². The molecule has 98 valence electrons. The molecule has 0 unspecified atom stereocenters. The number of ether oxygens (including phenoxy) is 2. The second-order valence-corrected chi connectivity index (χ2v) is 3.73. The van der Waals surface area contributed by atoms with Gasteiger partial charge >= 0.3 is 6.01 Å². The molecule has 0 bridgehead atoms. The topological polar surface area (TPSA) is 61.3 Å².